The molecule has 1 aliphatic carbocycles. The second kappa shape index (κ2) is 9.07. The van der Waals surface area contributed by atoms with Crippen LogP contribution >= 0.6 is 0 Å². The van der Waals surface area contributed by atoms with Crippen molar-refractivity contribution in [3.8, 4) is 0 Å². The van der Waals surface area contributed by atoms with E-state index in [1.807, 2.05) is 50.2 Å². The average molecular weight is 431 g/mol. The molecule has 3 aromatic carbocycles. The molecule has 0 heterocycles. The van der Waals surface area contributed by atoms with Gasteiger partial charge in [0, 0.05) is 11.1 Å². The Labute approximate surface area is 188 Å². The molecule has 0 amide bonds. The summed E-state index contributed by atoms with van der Waals surface area (Å²) >= 11 is 0. The lowest BCUT2D eigenvalue weighted by Gasteiger charge is -2.30. The number of hydrogen-bond donors (Lipinski definition) is 0. The van der Waals surface area contributed by atoms with Crippen LogP contribution in [0.4, 0.5) is 4.39 Å². The van der Waals surface area contributed by atoms with Gasteiger partial charge in [0.1, 0.15) is 5.82 Å². The minimum absolute atomic E-state index is 0.269. The molecule has 0 spiro atoms. The number of rotatable bonds is 6. The van der Waals surface area contributed by atoms with E-state index >= 15 is 0 Å². The molecule has 0 N–H and O–H groups in total. The third-order valence-electron chi connectivity index (χ3n) is 6.40. The van der Waals surface area contributed by atoms with Crippen LogP contribution in [0.1, 0.15) is 64.4 Å². The monoisotopic (exact) mass is 430 g/mol. The minimum Gasteiger partial charge on any atom is -0.448 e. The highest BCUT2D eigenvalue weighted by molar-refractivity contribution is 6.01. The van der Waals surface area contributed by atoms with Gasteiger partial charge in [-0.2, -0.15) is 0 Å². The standard InChI is InChI=1S/C28H27FO3/c1-19-8-12-21(13-9-19)25(30)26(22-14-10-20(2)11-15-22)32-27(31)28(16-3-4-17-28)23-6-5-7-24(29)18-23/h5-15,18,26H,3-4,16-17H2,1-2H3/t26-/m0/s1. The van der Waals surface area contributed by atoms with Gasteiger partial charge in [-0.3, -0.25) is 9.59 Å². The zero-order valence-electron chi connectivity index (χ0n) is 18.4. The number of carbonyl (C=O) groups is 2. The van der Waals surface area contributed by atoms with Crippen LogP contribution in [-0.4, -0.2) is 11.8 Å². The van der Waals surface area contributed by atoms with Gasteiger partial charge >= 0.3 is 5.97 Å². The molecule has 1 fully saturated rings. The molecular formula is C28H27FO3. The summed E-state index contributed by atoms with van der Waals surface area (Å²) in [5, 5.41) is 0. The van der Waals surface area contributed by atoms with E-state index in [9.17, 15) is 14.0 Å². The Balaban J connectivity index is 1.71. The molecule has 4 rings (SSSR count). The van der Waals surface area contributed by atoms with Crippen molar-refractivity contribution in [2.24, 2.45) is 0 Å². The van der Waals surface area contributed by atoms with E-state index in [2.05, 4.69) is 0 Å². The predicted molar refractivity (Wildman–Crippen MR) is 122 cm³/mol. The molecule has 164 valence electrons. The average Bonchev–Trinajstić information content (AvgIpc) is 3.30. The number of carbonyl (C=O) groups excluding carboxylic acids is 2. The first-order valence-corrected chi connectivity index (χ1v) is 11.0. The van der Waals surface area contributed by atoms with Gasteiger partial charge < -0.3 is 4.74 Å². The maximum absolute atomic E-state index is 14.0. The van der Waals surface area contributed by atoms with Gasteiger partial charge in [0.2, 0.25) is 5.78 Å². The highest BCUT2D eigenvalue weighted by atomic mass is 19.1. The molecular weight excluding hydrogens is 403 g/mol. The third kappa shape index (κ3) is 4.36. The van der Waals surface area contributed by atoms with E-state index in [-0.39, 0.29) is 11.6 Å². The zero-order chi connectivity index (χ0) is 22.7. The summed E-state index contributed by atoms with van der Waals surface area (Å²) in [4.78, 5) is 27.1. The topological polar surface area (TPSA) is 43.4 Å². The number of halogens is 1. The maximum atomic E-state index is 14.0. The molecule has 0 aromatic heterocycles. The van der Waals surface area contributed by atoms with Gasteiger partial charge in [0.25, 0.3) is 0 Å². The van der Waals surface area contributed by atoms with Crippen molar-refractivity contribution < 1.29 is 18.7 Å². The molecule has 0 radical (unpaired) electrons. The van der Waals surface area contributed by atoms with E-state index in [0.717, 1.165) is 24.0 Å². The molecule has 1 saturated carbocycles. The normalized spacial score (nSPS) is 15.8. The summed E-state index contributed by atoms with van der Waals surface area (Å²) in [5.41, 5.74) is 2.89. The third-order valence-corrected chi connectivity index (χ3v) is 6.40. The second-order valence-electron chi connectivity index (χ2n) is 8.73. The van der Waals surface area contributed by atoms with Crippen molar-refractivity contribution >= 4 is 11.8 Å². The Hall–Kier alpha value is -3.27. The quantitative estimate of drug-likeness (QED) is 0.335. The highest BCUT2D eigenvalue weighted by Gasteiger charge is 2.46. The number of esters is 1. The number of benzene rings is 3. The second-order valence-corrected chi connectivity index (χ2v) is 8.73. The fourth-order valence-corrected chi connectivity index (χ4v) is 4.48. The minimum atomic E-state index is -1.06. The molecule has 0 saturated heterocycles. The van der Waals surface area contributed by atoms with Crippen LogP contribution in [-0.2, 0) is 14.9 Å². The molecule has 4 heteroatoms. The van der Waals surface area contributed by atoms with Gasteiger partial charge in [-0.1, -0.05) is 84.6 Å². The molecule has 3 aromatic rings. The first kappa shape index (κ1) is 21.9. The van der Waals surface area contributed by atoms with Crippen molar-refractivity contribution in [1.82, 2.24) is 0 Å². The van der Waals surface area contributed by atoms with E-state index in [1.54, 1.807) is 24.3 Å². The lowest BCUT2D eigenvalue weighted by molar-refractivity contribution is -0.154. The van der Waals surface area contributed by atoms with Crippen molar-refractivity contribution in [3.05, 3.63) is 106 Å². The number of ketones is 1. The van der Waals surface area contributed by atoms with Crippen molar-refractivity contribution in [3.63, 3.8) is 0 Å². The van der Waals surface area contributed by atoms with Gasteiger partial charge in [-0.15, -0.1) is 0 Å². The maximum Gasteiger partial charge on any atom is 0.317 e. The molecule has 1 aliphatic rings. The van der Waals surface area contributed by atoms with E-state index in [0.29, 0.717) is 29.5 Å². The Bertz CT molecular complexity index is 1110. The van der Waals surface area contributed by atoms with Crippen molar-refractivity contribution in [1.29, 1.82) is 0 Å². The first-order valence-electron chi connectivity index (χ1n) is 11.0. The summed E-state index contributed by atoms with van der Waals surface area (Å²) in [5.74, 6) is -1.12. The van der Waals surface area contributed by atoms with E-state index in [4.69, 9.17) is 4.74 Å². The highest BCUT2D eigenvalue weighted by Crippen LogP contribution is 2.43. The summed E-state index contributed by atoms with van der Waals surface area (Å²) in [6.07, 6.45) is 1.81. The first-order chi connectivity index (χ1) is 15.4. The summed E-state index contributed by atoms with van der Waals surface area (Å²) in [6, 6.07) is 20.9. The molecule has 0 bridgehead atoms. The van der Waals surface area contributed by atoms with Crippen LogP contribution in [0.2, 0.25) is 0 Å². The molecule has 32 heavy (non-hydrogen) atoms. The van der Waals surface area contributed by atoms with E-state index in [1.165, 1.54) is 12.1 Å². The lowest BCUT2D eigenvalue weighted by atomic mass is 9.78. The largest absolute Gasteiger partial charge is 0.448 e. The molecule has 0 unspecified atom stereocenters. The number of aryl methyl sites for hydroxylation is 2. The fourth-order valence-electron chi connectivity index (χ4n) is 4.48. The van der Waals surface area contributed by atoms with Crippen molar-refractivity contribution in [2.75, 3.05) is 0 Å². The smallest absolute Gasteiger partial charge is 0.317 e. The van der Waals surface area contributed by atoms with Crippen LogP contribution in [0, 0.1) is 19.7 Å². The van der Waals surface area contributed by atoms with Crippen LogP contribution < -0.4 is 0 Å². The van der Waals surface area contributed by atoms with Crippen LogP contribution in [0.25, 0.3) is 0 Å². The Morgan fingerprint density at radius 3 is 2.06 bits per heavy atom. The van der Waals surface area contributed by atoms with Gasteiger partial charge in [-0.05, 0) is 44.4 Å². The predicted octanol–water partition coefficient (Wildman–Crippen LogP) is 6.42. The van der Waals surface area contributed by atoms with Crippen LogP contribution in [0.3, 0.4) is 0 Å². The molecule has 3 nitrogen and oxygen atoms in total. The van der Waals surface area contributed by atoms with Gasteiger partial charge in [0.05, 0.1) is 5.41 Å². The number of hydrogen-bond acceptors (Lipinski definition) is 3. The SMILES string of the molecule is Cc1ccc(C(=O)[C@@H](OC(=O)C2(c3cccc(F)c3)CCCC2)c2ccc(C)cc2)cc1. The van der Waals surface area contributed by atoms with E-state index < -0.39 is 17.5 Å². The fraction of sp³-hybridized carbons (Fsp3) is 0.286. The summed E-state index contributed by atoms with van der Waals surface area (Å²) in [7, 11) is 0. The zero-order valence-corrected chi connectivity index (χ0v) is 18.4. The number of Topliss-reactive ketones (excluding diaryl/α,β-unsaturated/α-hetero) is 1. The Morgan fingerprint density at radius 2 is 1.47 bits per heavy atom. The molecule has 0 aliphatic heterocycles. The van der Waals surface area contributed by atoms with Crippen molar-refractivity contribution in [2.45, 2.75) is 51.0 Å². The number of ether oxygens (including phenoxy) is 1. The summed E-state index contributed by atoms with van der Waals surface area (Å²) < 4.78 is 20.0. The lowest BCUT2D eigenvalue weighted by Crippen LogP contribution is -2.37. The molecule has 1 atom stereocenters. The van der Waals surface area contributed by atoms with Crippen LogP contribution in [0.5, 0.6) is 0 Å². The van der Waals surface area contributed by atoms with Gasteiger partial charge in [0.15, 0.2) is 6.10 Å². The van der Waals surface area contributed by atoms with Crippen LogP contribution in [0.15, 0.2) is 72.8 Å². The Morgan fingerprint density at radius 1 is 0.875 bits per heavy atom. The Kier molecular flexibility index (Phi) is 6.22. The van der Waals surface area contributed by atoms with Gasteiger partial charge in [-0.25, -0.2) is 4.39 Å². The summed E-state index contributed by atoms with van der Waals surface area (Å²) in [6.45, 7) is 3.92.